The van der Waals surface area contributed by atoms with Gasteiger partial charge in [0.2, 0.25) is 15.8 Å². The maximum Gasteiger partial charge on any atom is 0.259 e. The first kappa shape index (κ1) is 22.9. The van der Waals surface area contributed by atoms with Crippen molar-refractivity contribution >= 4 is 21.7 Å². The van der Waals surface area contributed by atoms with Crippen molar-refractivity contribution in [2.45, 2.75) is 44.3 Å². The van der Waals surface area contributed by atoms with Crippen molar-refractivity contribution in [1.29, 1.82) is 0 Å². The maximum atomic E-state index is 14.7. The summed E-state index contributed by atoms with van der Waals surface area (Å²) in [4.78, 5) is 17.0. The molecule has 0 saturated carbocycles. The number of hydrogen-bond donors (Lipinski definition) is 2. The van der Waals surface area contributed by atoms with Crippen LogP contribution in [0.3, 0.4) is 0 Å². The second kappa shape index (κ2) is 8.57. The highest BCUT2D eigenvalue weighted by Gasteiger charge is 2.37. The van der Waals surface area contributed by atoms with Crippen molar-refractivity contribution in [3.8, 4) is 11.5 Å². The Morgan fingerprint density at radius 2 is 2.03 bits per heavy atom. The number of sulfonamides is 1. The topological polar surface area (TPSA) is 143 Å². The molecule has 0 spiro atoms. The molecule has 3 aromatic rings. The number of fused-ring (bicyclic) bond motifs is 1. The van der Waals surface area contributed by atoms with Crippen LogP contribution in [0.5, 0.6) is 0 Å². The van der Waals surface area contributed by atoms with Crippen molar-refractivity contribution < 1.29 is 22.7 Å². The van der Waals surface area contributed by atoms with Gasteiger partial charge in [0, 0.05) is 12.6 Å². The summed E-state index contributed by atoms with van der Waals surface area (Å²) in [6, 6.07) is 6.15. The van der Waals surface area contributed by atoms with Crippen LogP contribution in [0, 0.1) is 5.82 Å². The molecule has 2 N–H and O–H groups in total. The van der Waals surface area contributed by atoms with Crippen molar-refractivity contribution in [2.24, 2.45) is 0 Å². The molecule has 1 aromatic carbocycles. The minimum atomic E-state index is -3.82. The Morgan fingerprint density at radius 3 is 2.73 bits per heavy atom. The Bertz CT molecular complexity index is 1330. The van der Waals surface area contributed by atoms with Crippen LogP contribution < -0.4 is 5.32 Å². The van der Waals surface area contributed by atoms with E-state index in [1.54, 1.807) is 32.9 Å². The minimum Gasteiger partial charge on any atom is -0.394 e. The summed E-state index contributed by atoms with van der Waals surface area (Å²) in [6.45, 7) is 5.03. The highest BCUT2D eigenvalue weighted by Crippen LogP contribution is 2.34. The van der Waals surface area contributed by atoms with Gasteiger partial charge in [-0.1, -0.05) is 6.07 Å². The van der Waals surface area contributed by atoms with Crippen LogP contribution in [0.25, 0.3) is 11.5 Å². The molecule has 0 aliphatic carbocycles. The summed E-state index contributed by atoms with van der Waals surface area (Å²) < 4.78 is 42.9. The van der Waals surface area contributed by atoms with Crippen LogP contribution >= 0.6 is 0 Å². The summed E-state index contributed by atoms with van der Waals surface area (Å²) in [5.41, 5.74) is 0.222. The molecule has 174 valence electrons. The number of pyridine rings is 1. The Kier molecular flexibility index (Phi) is 5.95. The normalized spacial score (nSPS) is 16.1. The average molecular weight is 476 g/mol. The van der Waals surface area contributed by atoms with Gasteiger partial charge >= 0.3 is 0 Å². The molecule has 0 fully saturated rings. The summed E-state index contributed by atoms with van der Waals surface area (Å²) in [5.74, 6) is -1.31. The molecule has 1 aliphatic heterocycles. The van der Waals surface area contributed by atoms with E-state index in [1.807, 2.05) is 0 Å². The van der Waals surface area contributed by atoms with E-state index in [0.29, 0.717) is 11.3 Å². The van der Waals surface area contributed by atoms with Crippen LogP contribution in [0.15, 0.2) is 35.2 Å². The predicted octanol–water partition coefficient (Wildman–Crippen LogP) is 1.59. The zero-order chi connectivity index (χ0) is 23.9. The van der Waals surface area contributed by atoms with Crippen LogP contribution in [-0.2, 0) is 16.6 Å². The molecule has 4 rings (SSSR count). The Balaban J connectivity index is 1.63. The Hall–Kier alpha value is -3.29. The van der Waals surface area contributed by atoms with E-state index in [2.05, 4.69) is 25.8 Å². The number of anilines is 1. The van der Waals surface area contributed by atoms with E-state index in [1.165, 1.54) is 15.1 Å². The largest absolute Gasteiger partial charge is 0.394 e. The van der Waals surface area contributed by atoms with Crippen molar-refractivity contribution in [1.82, 2.24) is 29.5 Å². The van der Waals surface area contributed by atoms with E-state index in [9.17, 15) is 22.7 Å². The van der Waals surface area contributed by atoms with Gasteiger partial charge in [-0.25, -0.2) is 22.5 Å². The third kappa shape index (κ3) is 4.10. The Labute approximate surface area is 189 Å². The second-order valence-electron chi connectivity index (χ2n) is 7.92. The van der Waals surface area contributed by atoms with E-state index >= 15 is 0 Å². The number of nitrogens with zero attached hydrogens (tertiary/aromatic N) is 6. The number of aliphatic hydroxyl groups is 1. The van der Waals surface area contributed by atoms with Gasteiger partial charge in [0.1, 0.15) is 17.3 Å². The molecule has 13 heteroatoms. The number of carbonyl (C=O) groups excluding carboxylic acids is 1. The fourth-order valence-electron chi connectivity index (χ4n) is 3.52. The predicted molar refractivity (Wildman–Crippen MR) is 115 cm³/mol. The smallest absolute Gasteiger partial charge is 0.259 e. The fraction of sp³-hybridized carbons (Fsp3) is 0.350. The summed E-state index contributed by atoms with van der Waals surface area (Å²) in [5, 5.41) is 23.2. The number of nitrogens with one attached hydrogen (secondary N) is 1. The van der Waals surface area contributed by atoms with Crippen molar-refractivity contribution in [3.63, 3.8) is 0 Å². The molecule has 1 amide bonds. The first-order valence-corrected chi connectivity index (χ1v) is 11.6. The molecule has 0 radical (unpaired) electrons. The number of rotatable bonds is 6. The van der Waals surface area contributed by atoms with Gasteiger partial charge in [-0.15, -0.1) is 5.10 Å². The first-order chi connectivity index (χ1) is 15.6. The molecule has 0 saturated heterocycles. The molecule has 1 aliphatic rings. The number of aromatic nitrogens is 5. The summed E-state index contributed by atoms with van der Waals surface area (Å²) >= 11 is 0. The zero-order valence-electron chi connectivity index (χ0n) is 18.1. The van der Waals surface area contributed by atoms with Gasteiger partial charge in [0.15, 0.2) is 0 Å². The monoisotopic (exact) mass is 475 g/mol. The van der Waals surface area contributed by atoms with Gasteiger partial charge < -0.3 is 10.4 Å². The molecule has 0 bridgehead atoms. The number of tetrazole rings is 1. The van der Waals surface area contributed by atoms with Gasteiger partial charge in [0.25, 0.3) is 5.91 Å². The second-order valence-corrected chi connectivity index (χ2v) is 9.78. The highest BCUT2D eigenvalue weighted by atomic mass is 32.2. The molecule has 1 atom stereocenters. The quantitative estimate of drug-likeness (QED) is 0.547. The molecular weight excluding hydrogens is 453 g/mol. The fourth-order valence-corrected chi connectivity index (χ4v) is 5.36. The number of hydrogen-bond acceptors (Lipinski definition) is 8. The minimum absolute atomic E-state index is 0.0543. The number of halogens is 1. The molecule has 0 unspecified atom stereocenters. The average Bonchev–Trinajstić information content (AvgIpc) is 3.35. The third-order valence-electron chi connectivity index (χ3n) is 5.28. The molecular formula is C20H22FN7O4S. The molecule has 2 aromatic heterocycles. The molecule has 33 heavy (non-hydrogen) atoms. The molecule has 11 nitrogen and oxygen atoms in total. The van der Waals surface area contributed by atoms with Gasteiger partial charge in [-0.2, -0.15) is 4.31 Å². The van der Waals surface area contributed by atoms with E-state index in [4.69, 9.17) is 0 Å². The van der Waals surface area contributed by atoms with E-state index < -0.39 is 33.4 Å². The lowest BCUT2D eigenvalue weighted by Crippen LogP contribution is -2.31. The van der Waals surface area contributed by atoms with Crippen LogP contribution in [0.2, 0.25) is 0 Å². The number of benzene rings is 1. The summed E-state index contributed by atoms with van der Waals surface area (Å²) in [7, 11) is -3.82. The third-order valence-corrected chi connectivity index (χ3v) is 7.38. The van der Waals surface area contributed by atoms with Crippen LogP contribution in [0.1, 0.15) is 42.7 Å². The lowest BCUT2D eigenvalue weighted by Gasteiger charge is -2.18. The Morgan fingerprint density at radius 1 is 1.27 bits per heavy atom. The highest BCUT2D eigenvalue weighted by molar-refractivity contribution is 7.89. The van der Waals surface area contributed by atoms with Crippen LogP contribution in [0.4, 0.5) is 10.2 Å². The zero-order valence-corrected chi connectivity index (χ0v) is 18.9. The lowest BCUT2D eigenvalue weighted by atomic mass is 10.1. The van der Waals surface area contributed by atoms with Gasteiger partial charge in [-0.05, 0) is 61.0 Å². The number of aliphatic hydroxyl groups excluding tert-OH is 1. The van der Waals surface area contributed by atoms with Crippen molar-refractivity contribution in [3.05, 3.63) is 47.3 Å². The van der Waals surface area contributed by atoms with Gasteiger partial charge in [0.05, 0.1) is 23.1 Å². The first-order valence-electron chi connectivity index (χ1n) is 10.1. The maximum absolute atomic E-state index is 14.7. The SMILES string of the molecule is CC(C)N1Cc2cc(F)c(C(=O)Nc3cccc(-c4nnnn4[C@H](C)CO)n3)cc2S1(=O)=O. The van der Waals surface area contributed by atoms with Gasteiger partial charge in [-0.3, -0.25) is 4.79 Å². The number of carbonyl (C=O) groups is 1. The molecule has 3 heterocycles. The number of amides is 1. The van der Waals surface area contributed by atoms with E-state index in [0.717, 1.165) is 12.1 Å². The summed E-state index contributed by atoms with van der Waals surface area (Å²) in [6.07, 6.45) is 0. The van der Waals surface area contributed by atoms with Crippen molar-refractivity contribution in [2.75, 3.05) is 11.9 Å². The standard InChI is InChI=1S/C20H22FN7O4S/c1-11(2)27-9-13-7-15(21)14(8-17(13)33(27,31)32)20(30)23-18-6-4-5-16(22-18)19-24-25-26-28(19)12(3)10-29/h4-8,11-12,29H,9-10H2,1-3H3,(H,22,23,30)/t12-/m1/s1. The lowest BCUT2D eigenvalue weighted by molar-refractivity contribution is 0.102. The van der Waals surface area contributed by atoms with Crippen LogP contribution in [-0.4, -0.2) is 61.6 Å². The van der Waals surface area contributed by atoms with E-state index in [-0.39, 0.29) is 35.7 Å².